The number of pyridine rings is 1. The summed E-state index contributed by atoms with van der Waals surface area (Å²) in [5.74, 6) is 0.0261. The van der Waals surface area contributed by atoms with Gasteiger partial charge in [-0.25, -0.2) is 4.39 Å². The maximum atomic E-state index is 14.2. The van der Waals surface area contributed by atoms with E-state index >= 15 is 0 Å². The molecule has 0 saturated heterocycles. The van der Waals surface area contributed by atoms with Gasteiger partial charge in [0.05, 0.1) is 11.7 Å². The van der Waals surface area contributed by atoms with Gasteiger partial charge in [0.1, 0.15) is 11.6 Å². The quantitative estimate of drug-likeness (QED) is 0.593. The molecule has 2 aromatic carbocycles. The number of nitrogens with one attached hydrogen (secondary N) is 1. The van der Waals surface area contributed by atoms with Gasteiger partial charge in [0.25, 0.3) is 5.91 Å². The number of aryl methyl sites for hydroxylation is 1. The summed E-state index contributed by atoms with van der Waals surface area (Å²) >= 11 is 0. The van der Waals surface area contributed by atoms with Crippen LogP contribution < -0.4 is 15.8 Å². The number of ether oxygens (including phenoxy) is 1. The van der Waals surface area contributed by atoms with E-state index in [1.807, 2.05) is 30.5 Å². The highest BCUT2D eigenvalue weighted by atomic mass is 19.1. The summed E-state index contributed by atoms with van der Waals surface area (Å²) in [5, 5.41) is 5.11. The number of benzene rings is 2. The van der Waals surface area contributed by atoms with Crippen LogP contribution in [0.15, 0.2) is 54.9 Å². The Morgan fingerprint density at radius 3 is 2.81 bits per heavy atom. The highest BCUT2D eigenvalue weighted by Crippen LogP contribution is 2.29. The highest BCUT2D eigenvalue weighted by Gasteiger charge is 2.25. The summed E-state index contributed by atoms with van der Waals surface area (Å²) in [5.41, 5.74) is 6.59. The molecule has 1 aliphatic rings. The summed E-state index contributed by atoms with van der Waals surface area (Å²) in [6.45, 7) is 0.569. The third kappa shape index (κ3) is 5.20. The van der Waals surface area contributed by atoms with Crippen LogP contribution in [0.25, 0.3) is 10.8 Å². The number of carbonyl (C=O) groups excluding carboxylic acids is 1. The Morgan fingerprint density at radius 1 is 1.16 bits per heavy atom. The Bertz CT molecular complexity index is 1040. The molecule has 0 unspecified atom stereocenters. The number of nitrogens with zero attached hydrogens (tertiary/aromatic N) is 1. The van der Waals surface area contributed by atoms with E-state index in [-0.39, 0.29) is 23.6 Å². The number of aromatic nitrogens is 1. The first-order valence-electron chi connectivity index (χ1n) is 10.9. The third-order valence-corrected chi connectivity index (χ3v) is 5.89. The monoisotopic (exact) mass is 421 g/mol. The first kappa shape index (κ1) is 21.2. The fourth-order valence-corrected chi connectivity index (χ4v) is 4.17. The molecule has 0 spiro atoms. The third-order valence-electron chi connectivity index (χ3n) is 5.89. The Hall–Kier alpha value is -2.99. The second kappa shape index (κ2) is 9.88. The molecular formula is C25H28FN3O2. The molecule has 6 heteroatoms. The zero-order chi connectivity index (χ0) is 21.6. The molecule has 0 atom stereocenters. The molecule has 1 aliphatic carbocycles. The molecule has 3 aromatic rings. The summed E-state index contributed by atoms with van der Waals surface area (Å²) in [6, 6.07) is 12.7. The number of amides is 1. The van der Waals surface area contributed by atoms with Crippen molar-refractivity contribution in [1.82, 2.24) is 10.3 Å². The van der Waals surface area contributed by atoms with Gasteiger partial charge in [-0.2, -0.15) is 0 Å². The lowest BCUT2D eigenvalue weighted by atomic mass is 9.92. The van der Waals surface area contributed by atoms with Crippen LogP contribution in [0.2, 0.25) is 0 Å². The van der Waals surface area contributed by atoms with Crippen LogP contribution in [0.3, 0.4) is 0 Å². The Kier molecular flexibility index (Phi) is 6.77. The van der Waals surface area contributed by atoms with Crippen molar-refractivity contribution in [3.05, 3.63) is 71.8 Å². The predicted octanol–water partition coefficient (Wildman–Crippen LogP) is 4.39. The summed E-state index contributed by atoms with van der Waals surface area (Å²) in [7, 11) is 0. The van der Waals surface area contributed by atoms with Gasteiger partial charge < -0.3 is 15.8 Å². The van der Waals surface area contributed by atoms with E-state index in [4.69, 9.17) is 10.5 Å². The van der Waals surface area contributed by atoms with Crippen LogP contribution in [0.4, 0.5) is 4.39 Å². The molecule has 0 radical (unpaired) electrons. The first-order valence-corrected chi connectivity index (χ1v) is 10.9. The lowest BCUT2D eigenvalue weighted by Crippen LogP contribution is -2.40. The molecule has 5 nitrogen and oxygen atoms in total. The molecule has 1 saturated carbocycles. The van der Waals surface area contributed by atoms with Crippen LogP contribution in [-0.2, 0) is 6.42 Å². The minimum Gasteiger partial charge on any atom is -0.490 e. The molecule has 162 valence electrons. The van der Waals surface area contributed by atoms with E-state index in [2.05, 4.69) is 10.3 Å². The van der Waals surface area contributed by atoms with E-state index < -0.39 is 5.82 Å². The average Bonchev–Trinajstić information content (AvgIpc) is 2.80. The zero-order valence-electron chi connectivity index (χ0n) is 17.5. The molecule has 1 amide bonds. The second-order valence-corrected chi connectivity index (χ2v) is 8.12. The molecule has 31 heavy (non-hydrogen) atoms. The van der Waals surface area contributed by atoms with E-state index in [1.165, 1.54) is 6.07 Å². The van der Waals surface area contributed by atoms with Crippen molar-refractivity contribution in [2.45, 2.75) is 50.7 Å². The maximum Gasteiger partial charge on any atom is 0.254 e. The number of carbonyl (C=O) groups is 1. The van der Waals surface area contributed by atoms with E-state index in [9.17, 15) is 9.18 Å². The number of fused-ring (bicyclic) bond motifs is 1. The molecule has 3 N–H and O–H groups in total. The highest BCUT2D eigenvalue weighted by molar-refractivity contribution is 5.94. The SMILES string of the molecule is NCCCc1ccc(F)c(C(=O)NC2CCC(Oc3cccc4cnccc34)CC2)c1. The largest absolute Gasteiger partial charge is 0.490 e. The van der Waals surface area contributed by atoms with E-state index in [1.54, 1.807) is 18.3 Å². The predicted molar refractivity (Wildman–Crippen MR) is 120 cm³/mol. The van der Waals surface area contributed by atoms with E-state index in [0.29, 0.717) is 6.54 Å². The van der Waals surface area contributed by atoms with E-state index in [0.717, 1.165) is 60.6 Å². The van der Waals surface area contributed by atoms with Gasteiger partial charge in [-0.05, 0) is 74.9 Å². The van der Waals surface area contributed by atoms with Crippen LogP contribution in [-0.4, -0.2) is 29.6 Å². The number of nitrogens with two attached hydrogens (primary N) is 1. The molecule has 1 heterocycles. The minimum absolute atomic E-state index is 0.0242. The number of halogens is 1. The van der Waals surface area contributed by atoms with Gasteiger partial charge in [0.2, 0.25) is 0 Å². The molecular weight excluding hydrogens is 393 g/mol. The second-order valence-electron chi connectivity index (χ2n) is 8.12. The van der Waals surface area contributed by atoms with Crippen molar-refractivity contribution in [2.75, 3.05) is 6.54 Å². The van der Waals surface area contributed by atoms with Gasteiger partial charge in [0, 0.05) is 29.2 Å². The molecule has 4 rings (SSSR count). The Balaban J connectivity index is 1.33. The smallest absolute Gasteiger partial charge is 0.254 e. The fourth-order valence-electron chi connectivity index (χ4n) is 4.17. The lowest BCUT2D eigenvalue weighted by Gasteiger charge is -2.30. The van der Waals surface area contributed by atoms with Gasteiger partial charge in [-0.3, -0.25) is 9.78 Å². The van der Waals surface area contributed by atoms with Crippen molar-refractivity contribution >= 4 is 16.7 Å². The van der Waals surface area contributed by atoms with Crippen LogP contribution in [0, 0.1) is 5.82 Å². The van der Waals surface area contributed by atoms with Crippen molar-refractivity contribution in [3.63, 3.8) is 0 Å². The maximum absolute atomic E-state index is 14.2. The number of hydrogen-bond donors (Lipinski definition) is 2. The number of rotatable bonds is 7. The topological polar surface area (TPSA) is 77.2 Å². The van der Waals surface area contributed by atoms with Crippen molar-refractivity contribution < 1.29 is 13.9 Å². The molecule has 1 fully saturated rings. The molecule has 1 aromatic heterocycles. The minimum atomic E-state index is -0.489. The van der Waals surface area contributed by atoms with Gasteiger partial charge in [0.15, 0.2) is 0 Å². The number of hydrogen-bond acceptors (Lipinski definition) is 4. The molecule has 0 bridgehead atoms. The molecule has 0 aliphatic heterocycles. The van der Waals surface area contributed by atoms with Crippen molar-refractivity contribution in [3.8, 4) is 5.75 Å². The summed E-state index contributed by atoms with van der Waals surface area (Å²) < 4.78 is 20.5. The van der Waals surface area contributed by atoms with Crippen LogP contribution in [0.1, 0.15) is 48.0 Å². The fraction of sp³-hybridized carbons (Fsp3) is 0.360. The first-order chi connectivity index (χ1) is 15.1. The van der Waals surface area contributed by atoms with Crippen LogP contribution in [0.5, 0.6) is 5.75 Å². The van der Waals surface area contributed by atoms with Crippen molar-refractivity contribution in [1.29, 1.82) is 0 Å². The standard InChI is InChI=1S/C25H28FN3O2/c26-23-11-6-17(3-2-13-27)15-22(23)25(30)29-19-7-9-20(10-8-19)31-24-5-1-4-18-16-28-14-12-21(18)24/h1,4-6,11-12,14-16,19-20H,2-3,7-10,13,27H2,(H,29,30). The summed E-state index contributed by atoms with van der Waals surface area (Å²) in [4.78, 5) is 16.8. The lowest BCUT2D eigenvalue weighted by molar-refractivity contribution is 0.0891. The normalized spacial score (nSPS) is 18.6. The van der Waals surface area contributed by atoms with Gasteiger partial charge in [-0.15, -0.1) is 0 Å². The van der Waals surface area contributed by atoms with Gasteiger partial charge >= 0.3 is 0 Å². The van der Waals surface area contributed by atoms with Crippen molar-refractivity contribution in [2.24, 2.45) is 5.73 Å². The Labute approximate surface area is 181 Å². The van der Waals surface area contributed by atoms with Gasteiger partial charge in [-0.1, -0.05) is 18.2 Å². The summed E-state index contributed by atoms with van der Waals surface area (Å²) in [6.07, 6.45) is 8.53. The average molecular weight is 422 g/mol. The van der Waals surface area contributed by atoms with Crippen LogP contribution >= 0.6 is 0 Å². The zero-order valence-corrected chi connectivity index (χ0v) is 17.5. The Morgan fingerprint density at radius 2 is 2.00 bits per heavy atom.